The molecule has 1 saturated heterocycles. The first-order chi connectivity index (χ1) is 8.49. The summed E-state index contributed by atoms with van der Waals surface area (Å²) in [6.07, 6.45) is 6.38. The molecular formula is C11H24N2O3S2. The molecule has 18 heavy (non-hydrogen) atoms. The van der Waals surface area contributed by atoms with Crippen molar-refractivity contribution in [1.29, 1.82) is 0 Å². The van der Waals surface area contributed by atoms with Crippen LogP contribution >= 0.6 is 0 Å². The van der Waals surface area contributed by atoms with Crippen molar-refractivity contribution in [2.24, 2.45) is 0 Å². The second-order valence-electron chi connectivity index (χ2n) is 4.78. The topological polar surface area (TPSA) is 75.3 Å². The van der Waals surface area contributed by atoms with Gasteiger partial charge in [0.05, 0.1) is 5.75 Å². The van der Waals surface area contributed by atoms with Crippen LogP contribution in [0.1, 0.15) is 32.1 Å². The molecule has 1 fully saturated rings. The van der Waals surface area contributed by atoms with Gasteiger partial charge in [-0.15, -0.1) is 0 Å². The van der Waals surface area contributed by atoms with Crippen LogP contribution in [0.15, 0.2) is 0 Å². The lowest BCUT2D eigenvalue weighted by atomic mass is 10.0. The summed E-state index contributed by atoms with van der Waals surface area (Å²) in [5.41, 5.74) is 0. The Morgan fingerprint density at radius 1 is 1.39 bits per heavy atom. The van der Waals surface area contributed by atoms with Gasteiger partial charge in [-0.05, 0) is 32.2 Å². The number of sulfonamides is 1. The van der Waals surface area contributed by atoms with Crippen molar-refractivity contribution >= 4 is 20.8 Å². The van der Waals surface area contributed by atoms with Crippen molar-refractivity contribution in [3.8, 4) is 0 Å². The number of nitrogens with one attached hydrogen (secondary N) is 2. The third-order valence-corrected chi connectivity index (χ3v) is 5.36. The van der Waals surface area contributed by atoms with Crippen LogP contribution in [0.3, 0.4) is 0 Å². The molecule has 1 heterocycles. The van der Waals surface area contributed by atoms with Crippen LogP contribution in [0.5, 0.6) is 0 Å². The molecule has 0 spiro atoms. The minimum Gasteiger partial charge on any atom is -0.314 e. The average Bonchev–Trinajstić information content (AvgIpc) is 2.34. The first-order valence-electron chi connectivity index (χ1n) is 6.50. The Bertz CT molecular complexity index is 351. The van der Waals surface area contributed by atoms with Crippen molar-refractivity contribution in [1.82, 2.24) is 10.0 Å². The fourth-order valence-electron chi connectivity index (χ4n) is 2.04. The van der Waals surface area contributed by atoms with Crippen molar-refractivity contribution in [2.75, 3.05) is 30.9 Å². The Balaban J connectivity index is 2.16. The van der Waals surface area contributed by atoms with Gasteiger partial charge in [0, 0.05) is 35.4 Å². The van der Waals surface area contributed by atoms with Gasteiger partial charge in [0.15, 0.2) is 0 Å². The Morgan fingerprint density at radius 3 is 2.78 bits per heavy atom. The Labute approximate surface area is 113 Å². The van der Waals surface area contributed by atoms with Gasteiger partial charge < -0.3 is 5.32 Å². The van der Waals surface area contributed by atoms with Crippen LogP contribution < -0.4 is 10.0 Å². The highest BCUT2D eigenvalue weighted by Gasteiger charge is 2.16. The molecular weight excluding hydrogens is 272 g/mol. The number of hydrogen-bond acceptors (Lipinski definition) is 4. The number of hydrogen-bond donors (Lipinski definition) is 2. The van der Waals surface area contributed by atoms with E-state index in [2.05, 4.69) is 10.0 Å². The predicted octanol–water partition coefficient (Wildman–Crippen LogP) is 0.207. The van der Waals surface area contributed by atoms with Crippen LogP contribution in [-0.2, 0) is 20.8 Å². The average molecular weight is 296 g/mol. The normalized spacial score (nSPS) is 22.8. The van der Waals surface area contributed by atoms with Crippen molar-refractivity contribution in [3.63, 3.8) is 0 Å². The van der Waals surface area contributed by atoms with E-state index in [1.807, 2.05) is 0 Å². The summed E-state index contributed by atoms with van der Waals surface area (Å²) in [7, 11) is -4.01. The number of piperidine rings is 1. The van der Waals surface area contributed by atoms with Crippen LogP contribution in [0.2, 0.25) is 0 Å². The molecule has 2 atom stereocenters. The lowest BCUT2D eigenvalue weighted by molar-refractivity contribution is 0.392. The van der Waals surface area contributed by atoms with E-state index >= 15 is 0 Å². The number of rotatable bonds is 8. The van der Waals surface area contributed by atoms with E-state index in [1.54, 1.807) is 6.26 Å². The highest BCUT2D eigenvalue weighted by atomic mass is 32.2. The molecule has 0 bridgehead atoms. The molecule has 2 unspecified atom stereocenters. The molecule has 0 saturated carbocycles. The van der Waals surface area contributed by atoms with Gasteiger partial charge in [-0.1, -0.05) is 6.42 Å². The first kappa shape index (κ1) is 16.1. The second-order valence-corrected chi connectivity index (χ2v) is 8.26. The van der Waals surface area contributed by atoms with Gasteiger partial charge in [0.1, 0.15) is 0 Å². The molecule has 5 nitrogen and oxygen atoms in total. The largest absolute Gasteiger partial charge is 0.314 e. The Kier molecular flexibility index (Phi) is 7.36. The molecule has 2 N–H and O–H groups in total. The minimum absolute atomic E-state index is 0.180. The molecule has 7 heteroatoms. The molecule has 0 aromatic heterocycles. The van der Waals surface area contributed by atoms with E-state index in [-0.39, 0.29) is 5.75 Å². The van der Waals surface area contributed by atoms with E-state index in [0.717, 1.165) is 13.0 Å². The van der Waals surface area contributed by atoms with E-state index in [0.29, 0.717) is 31.2 Å². The molecule has 0 amide bonds. The third-order valence-electron chi connectivity index (χ3n) is 3.08. The molecule has 1 rings (SSSR count). The SMILES string of the molecule is CS(=O)CCCNS(=O)(=O)CCC1CCCCN1. The van der Waals surface area contributed by atoms with Gasteiger partial charge in [-0.2, -0.15) is 0 Å². The molecule has 1 aliphatic rings. The van der Waals surface area contributed by atoms with Gasteiger partial charge in [-0.3, -0.25) is 4.21 Å². The standard InChI is InChI=1S/C11H24N2O3S2/c1-17(14)9-4-8-13-18(15,16)10-6-11-5-2-3-7-12-11/h11-13H,2-10H2,1H3. The fourth-order valence-corrected chi connectivity index (χ4v) is 3.79. The van der Waals surface area contributed by atoms with Crippen LogP contribution in [0.25, 0.3) is 0 Å². The molecule has 1 aliphatic heterocycles. The lowest BCUT2D eigenvalue weighted by Gasteiger charge is -2.23. The van der Waals surface area contributed by atoms with E-state index in [9.17, 15) is 12.6 Å². The summed E-state index contributed by atoms with van der Waals surface area (Å²) in [5.74, 6) is 0.729. The highest BCUT2D eigenvalue weighted by Crippen LogP contribution is 2.10. The molecule has 108 valence electrons. The van der Waals surface area contributed by atoms with Gasteiger partial charge in [0.2, 0.25) is 10.0 Å². The van der Waals surface area contributed by atoms with Crippen molar-refractivity contribution in [3.05, 3.63) is 0 Å². The Morgan fingerprint density at radius 2 is 2.17 bits per heavy atom. The predicted molar refractivity (Wildman–Crippen MR) is 75.6 cm³/mol. The van der Waals surface area contributed by atoms with Crippen LogP contribution in [0, 0.1) is 0 Å². The fraction of sp³-hybridized carbons (Fsp3) is 1.00. The monoisotopic (exact) mass is 296 g/mol. The summed E-state index contributed by atoms with van der Waals surface area (Å²) in [6.45, 7) is 1.39. The summed E-state index contributed by atoms with van der Waals surface area (Å²) >= 11 is 0. The smallest absolute Gasteiger partial charge is 0.211 e. The van der Waals surface area contributed by atoms with Crippen molar-refractivity contribution < 1.29 is 12.6 Å². The summed E-state index contributed by atoms with van der Waals surface area (Å²) in [5, 5.41) is 3.34. The molecule has 0 aliphatic carbocycles. The van der Waals surface area contributed by atoms with E-state index in [4.69, 9.17) is 0 Å². The van der Waals surface area contributed by atoms with Gasteiger partial charge in [-0.25, -0.2) is 13.1 Å². The zero-order chi connectivity index (χ0) is 13.4. The lowest BCUT2D eigenvalue weighted by Crippen LogP contribution is -2.37. The molecule has 0 radical (unpaired) electrons. The third kappa shape index (κ3) is 7.45. The van der Waals surface area contributed by atoms with Gasteiger partial charge in [0.25, 0.3) is 0 Å². The summed E-state index contributed by atoms with van der Waals surface area (Å²) < 4.78 is 36.8. The van der Waals surface area contributed by atoms with Gasteiger partial charge >= 0.3 is 0 Å². The zero-order valence-electron chi connectivity index (χ0n) is 11.0. The molecule has 0 aromatic rings. The maximum atomic E-state index is 11.7. The highest BCUT2D eigenvalue weighted by molar-refractivity contribution is 7.89. The first-order valence-corrected chi connectivity index (χ1v) is 9.88. The maximum Gasteiger partial charge on any atom is 0.211 e. The summed E-state index contributed by atoms with van der Waals surface area (Å²) in [4.78, 5) is 0. The van der Waals surface area contributed by atoms with E-state index < -0.39 is 20.8 Å². The Hall–Kier alpha value is 0.0200. The van der Waals surface area contributed by atoms with E-state index in [1.165, 1.54) is 12.8 Å². The molecule has 0 aromatic carbocycles. The summed E-state index contributed by atoms with van der Waals surface area (Å²) in [6, 6.07) is 0.346. The maximum absolute atomic E-state index is 11.7. The van der Waals surface area contributed by atoms with Crippen molar-refractivity contribution in [2.45, 2.75) is 38.1 Å². The zero-order valence-corrected chi connectivity index (χ0v) is 12.6. The minimum atomic E-state index is -3.17. The quantitative estimate of drug-likeness (QED) is 0.628. The van der Waals surface area contributed by atoms with Crippen LogP contribution in [-0.4, -0.2) is 49.5 Å². The van der Waals surface area contributed by atoms with Crippen LogP contribution in [0.4, 0.5) is 0 Å². The second kappa shape index (κ2) is 8.24.